The molecule has 1 aromatic carbocycles. The van der Waals surface area contributed by atoms with Crippen LogP contribution < -0.4 is 16.0 Å². The third kappa shape index (κ3) is 2.89. The number of nitrogens with one attached hydrogen (secondary N) is 1. The van der Waals surface area contributed by atoms with Crippen molar-refractivity contribution in [2.75, 3.05) is 0 Å². The van der Waals surface area contributed by atoms with Gasteiger partial charge in [0.25, 0.3) is 0 Å². The highest BCUT2D eigenvalue weighted by molar-refractivity contribution is 5.35. The summed E-state index contributed by atoms with van der Waals surface area (Å²) in [6, 6.07) is 9.77. The SMILES string of the molecule is NNC(c1ccnnc1)c1cccc(OC2CC2)c1. The molecule has 3 N–H and O–H groups in total. The Balaban J connectivity index is 1.86. The minimum atomic E-state index is -0.113. The average molecular weight is 256 g/mol. The summed E-state index contributed by atoms with van der Waals surface area (Å²) in [5.41, 5.74) is 4.83. The van der Waals surface area contributed by atoms with E-state index in [4.69, 9.17) is 10.6 Å². The van der Waals surface area contributed by atoms with Crippen molar-refractivity contribution in [3.8, 4) is 5.75 Å². The molecule has 1 atom stereocenters. The van der Waals surface area contributed by atoms with Crippen LogP contribution in [0.25, 0.3) is 0 Å². The third-order valence-corrected chi connectivity index (χ3v) is 3.13. The van der Waals surface area contributed by atoms with Crippen molar-refractivity contribution in [3.63, 3.8) is 0 Å². The fourth-order valence-electron chi connectivity index (χ4n) is 2.00. The van der Waals surface area contributed by atoms with Crippen LogP contribution in [0.3, 0.4) is 0 Å². The third-order valence-electron chi connectivity index (χ3n) is 3.13. The van der Waals surface area contributed by atoms with Gasteiger partial charge in [0.05, 0.1) is 18.3 Å². The summed E-state index contributed by atoms with van der Waals surface area (Å²) in [6.45, 7) is 0. The van der Waals surface area contributed by atoms with Gasteiger partial charge in [-0.3, -0.25) is 5.84 Å². The molecule has 5 heteroatoms. The second-order valence-electron chi connectivity index (χ2n) is 4.67. The Labute approximate surface area is 111 Å². The first-order valence-electron chi connectivity index (χ1n) is 6.36. The molecule has 3 rings (SSSR count). The van der Waals surface area contributed by atoms with Crippen LogP contribution in [0.2, 0.25) is 0 Å². The average Bonchev–Trinajstić information content (AvgIpc) is 3.25. The first-order chi connectivity index (χ1) is 9.36. The molecule has 0 bridgehead atoms. The van der Waals surface area contributed by atoms with Gasteiger partial charge in [0.15, 0.2) is 0 Å². The van der Waals surface area contributed by atoms with E-state index in [-0.39, 0.29) is 6.04 Å². The van der Waals surface area contributed by atoms with Crippen molar-refractivity contribution in [2.45, 2.75) is 25.0 Å². The number of aromatic nitrogens is 2. The molecule has 0 saturated heterocycles. The maximum Gasteiger partial charge on any atom is 0.120 e. The largest absolute Gasteiger partial charge is 0.490 e. The number of nitrogens with two attached hydrogens (primary N) is 1. The van der Waals surface area contributed by atoms with E-state index in [9.17, 15) is 0 Å². The predicted octanol–water partition coefficient (Wildman–Crippen LogP) is 1.57. The van der Waals surface area contributed by atoms with Gasteiger partial charge in [-0.2, -0.15) is 10.2 Å². The molecule has 5 nitrogen and oxygen atoms in total. The molecule has 1 heterocycles. The molecule has 1 aromatic heterocycles. The van der Waals surface area contributed by atoms with Crippen LogP contribution >= 0.6 is 0 Å². The van der Waals surface area contributed by atoms with Gasteiger partial charge in [-0.1, -0.05) is 12.1 Å². The zero-order chi connectivity index (χ0) is 13.1. The van der Waals surface area contributed by atoms with E-state index < -0.39 is 0 Å². The second-order valence-corrected chi connectivity index (χ2v) is 4.67. The van der Waals surface area contributed by atoms with Gasteiger partial charge in [0.1, 0.15) is 5.75 Å². The number of benzene rings is 1. The van der Waals surface area contributed by atoms with E-state index in [2.05, 4.69) is 15.6 Å². The molecule has 0 spiro atoms. The number of nitrogens with zero attached hydrogens (tertiary/aromatic N) is 2. The smallest absolute Gasteiger partial charge is 0.120 e. The van der Waals surface area contributed by atoms with Crippen LogP contribution in [0.4, 0.5) is 0 Å². The summed E-state index contributed by atoms with van der Waals surface area (Å²) >= 11 is 0. The number of rotatable bonds is 5. The Morgan fingerprint density at radius 3 is 2.79 bits per heavy atom. The van der Waals surface area contributed by atoms with Crippen LogP contribution in [0, 0.1) is 0 Å². The van der Waals surface area contributed by atoms with Gasteiger partial charge in [-0.15, -0.1) is 0 Å². The molecule has 98 valence electrons. The zero-order valence-corrected chi connectivity index (χ0v) is 10.5. The van der Waals surface area contributed by atoms with Crippen molar-refractivity contribution in [1.82, 2.24) is 15.6 Å². The van der Waals surface area contributed by atoms with E-state index in [1.807, 2.05) is 30.3 Å². The predicted molar refractivity (Wildman–Crippen MR) is 71.3 cm³/mol. The Kier molecular flexibility index (Phi) is 3.39. The molecule has 1 saturated carbocycles. The molecule has 1 aliphatic rings. The highest BCUT2D eigenvalue weighted by atomic mass is 16.5. The van der Waals surface area contributed by atoms with Gasteiger partial charge in [-0.05, 0) is 42.2 Å². The lowest BCUT2D eigenvalue weighted by Gasteiger charge is -2.17. The minimum Gasteiger partial charge on any atom is -0.490 e. The van der Waals surface area contributed by atoms with Crippen molar-refractivity contribution in [3.05, 3.63) is 53.9 Å². The summed E-state index contributed by atoms with van der Waals surface area (Å²) in [5, 5.41) is 7.66. The Morgan fingerprint density at radius 2 is 2.11 bits per heavy atom. The van der Waals surface area contributed by atoms with Crippen molar-refractivity contribution in [1.29, 1.82) is 0 Å². The Hall–Kier alpha value is -1.98. The molecule has 19 heavy (non-hydrogen) atoms. The Bertz CT molecular complexity index is 542. The highest BCUT2D eigenvalue weighted by Crippen LogP contribution is 2.29. The molecule has 1 fully saturated rings. The lowest BCUT2D eigenvalue weighted by atomic mass is 10.0. The van der Waals surface area contributed by atoms with Crippen molar-refractivity contribution < 1.29 is 4.74 Å². The number of hydrazine groups is 1. The summed E-state index contributed by atoms with van der Waals surface area (Å²) < 4.78 is 5.80. The van der Waals surface area contributed by atoms with E-state index in [1.165, 1.54) is 0 Å². The summed E-state index contributed by atoms with van der Waals surface area (Å²) in [7, 11) is 0. The highest BCUT2D eigenvalue weighted by Gasteiger charge is 2.23. The summed E-state index contributed by atoms with van der Waals surface area (Å²) in [6.07, 6.45) is 6.05. The monoisotopic (exact) mass is 256 g/mol. The molecule has 0 aliphatic heterocycles. The van der Waals surface area contributed by atoms with Crippen LogP contribution in [0.1, 0.15) is 30.0 Å². The minimum absolute atomic E-state index is 0.113. The van der Waals surface area contributed by atoms with Crippen molar-refractivity contribution in [2.24, 2.45) is 5.84 Å². The molecular formula is C14H16N4O. The maximum atomic E-state index is 5.80. The lowest BCUT2D eigenvalue weighted by molar-refractivity contribution is 0.302. The van der Waals surface area contributed by atoms with Gasteiger partial charge in [-0.25, -0.2) is 5.43 Å². The van der Waals surface area contributed by atoms with E-state index >= 15 is 0 Å². The molecule has 1 aliphatic carbocycles. The van der Waals surface area contributed by atoms with Gasteiger partial charge < -0.3 is 4.74 Å². The van der Waals surface area contributed by atoms with Crippen LogP contribution in [-0.2, 0) is 0 Å². The normalized spacial score (nSPS) is 16.1. The topological polar surface area (TPSA) is 73.1 Å². The maximum absolute atomic E-state index is 5.80. The first kappa shape index (κ1) is 12.1. The number of ether oxygens (including phenoxy) is 1. The molecule has 2 aromatic rings. The first-order valence-corrected chi connectivity index (χ1v) is 6.36. The second kappa shape index (κ2) is 5.34. The fourth-order valence-corrected chi connectivity index (χ4v) is 2.00. The van der Waals surface area contributed by atoms with Crippen LogP contribution in [0.5, 0.6) is 5.75 Å². The summed E-state index contributed by atoms with van der Waals surface area (Å²) in [4.78, 5) is 0. The van der Waals surface area contributed by atoms with Crippen LogP contribution in [-0.4, -0.2) is 16.3 Å². The van der Waals surface area contributed by atoms with Crippen molar-refractivity contribution >= 4 is 0 Å². The molecule has 0 radical (unpaired) electrons. The number of hydrogen-bond acceptors (Lipinski definition) is 5. The van der Waals surface area contributed by atoms with E-state index in [0.717, 1.165) is 29.7 Å². The lowest BCUT2D eigenvalue weighted by Crippen LogP contribution is -2.29. The Morgan fingerprint density at radius 1 is 1.21 bits per heavy atom. The fraction of sp³-hybridized carbons (Fsp3) is 0.286. The molecule has 1 unspecified atom stereocenters. The van der Waals surface area contributed by atoms with E-state index in [0.29, 0.717) is 6.10 Å². The summed E-state index contributed by atoms with van der Waals surface area (Å²) in [5.74, 6) is 6.55. The quantitative estimate of drug-likeness (QED) is 0.627. The number of hydrogen-bond donors (Lipinski definition) is 2. The van der Waals surface area contributed by atoms with Gasteiger partial charge in [0.2, 0.25) is 0 Å². The standard InChI is InChI=1S/C14H16N4O/c15-18-14(11-6-7-16-17-9-11)10-2-1-3-13(8-10)19-12-4-5-12/h1-3,6-9,12,14,18H,4-5,15H2. The van der Waals surface area contributed by atoms with Gasteiger partial charge >= 0.3 is 0 Å². The molecular weight excluding hydrogens is 240 g/mol. The van der Waals surface area contributed by atoms with Crippen LogP contribution in [0.15, 0.2) is 42.7 Å². The van der Waals surface area contributed by atoms with Gasteiger partial charge in [0, 0.05) is 6.20 Å². The van der Waals surface area contributed by atoms with E-state index in [1.54, 1.807) is 12.4 Å². The zero-order valence-electron chi connectivity index (χ0n) is 10.5. The molecule has 0 amide bonds.